The first-order valence-electron chi connectivity index (χ1n) is 3.35. The molecule has 0 spiro atoms. The van der Waals surface area contributed by atoms with Crippen molar-refractivity contribution in [1.29, 1.82) is 0 Å². The van der Waals surface area contributed by atoms with Gasteiger partial charge in [-0.3, -0.25) is 4.79 Å². The lowest BCUT2D eigenvalue weighted by molar-refractivity contribution is -0.110. The van der Waals surface area contributed by atoms with E-state index in [0.29, 0.717) is 6.54 Å². The fourth-order valence-electron chi connectivity index (χ4n) is 0.450. The van der Waals surface area contributed by atoms with Crippen LogP contribution in [-0.4, -0.2) is 37.5 Å². The molecule has 1 N–H and O–H groups in total. The third-order valence-electron chi connectivity index (χ3n) is 1.83. The molecule has 0 aromatic rings. The molecule has 0 aromatic heterocycles. The van der Waals surface area contributed by atoms with Crippen LogP contribution in [-0.2, 0) is 4.79 Å². The van der Waals surface area contributed by atoms with E-state index in [1.165, 1.54) is 0 Å². The maximum Gasteiger partial charge on any atom is 0.207 e. The van der Waals surface area contributed by atoms with Gasteiger partial charge < -0.3 is 10.2 Å². The molecule has 0 atom stereocenters. The highest BCUT2D eigenvalue weighted by atomic mass is 16.1. The van der Waals surface area contributed by atoms with E-state index in [-0.39, 0.29) is 5.54 Å². The molecule has 0 aliphatic heterocycles. The molecule has 10 heavy (non-hydrogen) atoms. The average molecular weight is 144 g/mol. The number of carbonyl (C=O) groups is 1. The molecule has 0 rings (SSSR count). The Kier molecular flexibility index (Phi) is 3.36. The second-order valence-corrected chi connectivity index (χ2v) is 3.21. The molecule has 0 saturated heterocycles. The number of amides is 1. The van der Waals surface area contributed by atoms with Crippen molar-refractivity contribution in [3.05, 3.63) is 0 Å². The molecular weight excluding hydrogens is 128 g/mol. The van der Waals surface area contributed by atoms with Crippen LogP contribution in [0.2, 0.25) is 0 Å². The molecule has 3 heteroatoms. The summed E-state index contributed by atoms with van der Waals surface area (Å²) in [4.78, 5) is 12.0. The summed E-state index contributed by atoms with van der Waals surface area (Å²) in [5, 5.41) is 2.65. The fourth-order valence-corrected chi connectivity index (χ4v) is 0.450. The predicted octanol–water partition coefficient (Wildman–Crippen LogP) is 0.0726. The zero-order valence-electron chi connectivity index (χ0n) is 7.14. The zero-order chi connectivity index (χ0) is 8.20. The Balaban J connectivity index is 3.74. The maximum atomic E-state index is 9.94. The highest BCUT2D eigenvalue weighted by Crippen LogP contribution is 2.06. The van der Waals surface area contributed by atoms with Crippen LogP contribution in [0.5, 0.6) is 0 Å². The van der Waals surface area contributed by atoms with Crippen molar-refractivity contribution in [2.45, 2.75) is 19.4 Å². The lowest BCUT2D eigenvalue weighted by Gasteiger charge is -2.31. The quantitative estimate of drug-likeness (QED) is 0.566. The molecule has 0 radical (unpaired) electrons. The van der Waals surface area contributed by atoms with Gasteiger partial charge in [-0.2, -0.15) is 0 Å². The zero-order valence-corrected chi connectivity index (χ0v) is 7.14. The smallest absolute Gasteiger partial charge is 0.207 e. The first kappa shape index (κ1) is 9.43. The summed E-state index contributed by atoms with van der Waals surface area (Å²) in [6.07, 6.45) is 0.727. The number of rotatable bonds is 4. The normalized spacial score (nSPS) is 11.7. The molecule has 0 fully saturated rings. The van der Waals surface area contributed by atoms with E-state index >= 15 is 0 Å². The van der Waals surface area contributed by atoms with Crippen molar-refractivity contribution < 1.29 is 4.79 Å². The van der Waals surface area contributed by atoms with Crippen LogP contribution in [0.15, 0.2) is 0 Å². The van der Waals surface area contributed by atoms with Gasteiger partial charge in [0.25, 0.3) is 0 Å². The Morgan fingerprint density at radius 1 is 1.50 bits per heavy atom. The van der Waals surface area contributed by atoms with Crippen molar-refractivity contribution in [2.24, 2.45) is 0 Å². The van der Waals surface area contributed by atoms with E-state index in [0.717, 1.165) is 6.41 Å². The molecule has 0 aliphatic carbocycles. The molecule has 3 nitrogen and oxygen atoms in total. The summed E-state index contributed by atoms with van der Waals surface area (Å²) in [7, 11) is 3.99. The summed E-state index contributed by atoms with van der Waals surface area (Å²) in [6, 6.07) is 0. The second kappa shape index (κ2) is 3.56. The van der Waals surface area contributed by atoms with Gasteiger partial charge in [0.1, 0.15) is 0 Å². The summed E-state index contributed by atoms with van der Waals surface area (Å²) in [6.45, 7) is 4.83. The monoisotopic (exact) mass is 144 g/mol. The van der Waals surface area contributed by atoms with E-state index in [2.05, 4.69) is 24.1 Å². The highest BCUT2D eigenvalue weighted by Gasteiger charge is 2.18. The van der Waals surface area contributed by atoms with Gasteiger partial charge in [-0.25, -0.2) is 0 Å². The third kappa shape index (κ3) is 2.82. The third-order valence-corrected chi connectivity index (χ3v) is 1.83. The molecule has 0 saturated carbocycles. The summed E-state index contributed by atoms with van der Waals surface area (Å²) in [5.41, 5.74) is 0.0426. The molecule has 0 aliphatic rings. The fraction of sp³-hybridized carbons (Fsp3) is 0.857. The van der Waals surface area contributed by atoms with E-state index in [1.54, 1.807) is 0 Å². The number of likely N-dealkylation sites (N-methyl/N-ethyl adjacent to an activating group) is 1. The Labute approximate surface area is 62.4 Å². The Bertz CT molecular complexity index is 110. The van der Waals surface area contributed by atoms with Crippen LogP contribution < -0.4 is 5.32 Å². The van der Waals surface area contributed by atoms with Gasteiger partial charge in [0.05, 0.1) is 0 Å². The van der Waals surface area contributed by atoms with Crippen molar-refractivity contribution in [3.63, 3.8) is 0 Å². The standard InChI is InChI=1S/C7H16N2O/c1-7(2,9(3)4)5-8-6-10/h6H,5H2,1-4H3,(H,8,10). The van der Waals surface area contributed by atoms with Crippen molar-refractivity contribution >= 4 is 6.41 Å². The number of hydrogen-bond acceptors (Lipinski definition) is 2. The van der Waals surface area contributed by atoms with Crippen LogP contribution >= 0.6 is 0 Å². The largest absolute Gasteiger partial charge is 0.357 e. The lowest BCUT2D eigenvalue weighted by Crippen LogP contribution is -2.46. The second-order valence-electron chi connectivity index (χ2n) is 3.21. The van der Waals surface area contributed by atoms with Crippen LogP contribution in [0.1, 0.15) is 13.8 Å². The van der Waals surface area contributed by atoms with Crippen LogP contribution in [0.3, 0.4) is 0 Å². The Morgan fingerprint density at radius 3 is 2.30 bits per heavy atom. The van der Waals surface area contributed by atoms with Crippen LogP contribution in [0.25, 0.3) is 0 Å². The van der Waals surface area contributed by atoms with E-state index in [4.69, 9.17) is 0 Å². The first-order chi connectivity index (χ1) is 4.50. The molecule has 0 bridgehead atoms. The van der Waals surface area contributed by atoms with Gasteiger partial charge in [-0.05, 0) is 27.9 Å². The lowest BCUT2D eigenvalue weighted by atomic mass is 10.1. The number of hydrogen-bond donors (Lipinski definition) is 1. The SMILES string of the molecule is CN(C)C(C)(C)CNC=O. The first-order valence-corrected chi connectivity index (χ1v) is 3.35. The Morgan fingerprint density at radius 2 is 2.00 bits per heavy atom. The number of carbonyl (C=O) groups excluding carboxylic acids is 1. The number of nitrogens with zero attached hydrogens (tertiary/aromatic N) is 1. The molecular formula is C7H16N2O. The van der Waals surface area contributed by atoms with Gasteiger partial charge in [0.2, 0.25) is 6.41 Å². The Hall–Kier alpha value is -0.570. The molecule has 0 unspecified atom stereocenters. The molecule has 0 aromatic carbocycles. The molecule has 60 valence electrons. The van der Waals surface area contributed by atoms with Crippen molar-refractivity contribution in [2.75, 3.05) is 20.6 Å². The van der Waals surface area contributed by atoms with Gasteiger partial charge in [0.15, 0.2) is 0 Å². The van der Waals surface area contributed by atoms with E-state index in [1.807, 2.05) is 14.1 Å². The van der Waals surface area contributed by atoms with Crippen molar-refractivity contribution in [3.8, 4) is 0 Å². The van der Waals surface area contributed by atoms with Crippen LogP contribution in [0, 0.1) is 0 Å². The minimum absolute atomic E-state index is 0.0426. The van der Waals surface area contributed by atoms with Crippen LogP contribution in [0.4, 0.5) is 0 Å². The highest BCUT2D eigenvalue weighted by molar-refractivity contribution is 5.46. The minimum atomic E-state index is 0.0426. The predicted molar refractivity (Wildman–Crippen MR) is 41.8 cm³/mol. The van der Waals surface area contributed by atoms with E-state index in [9.17, 15) is 4.79 Å². The maximum absolute atomic E-state index is 9.94. The molecule has 0 heterocycles. The number of nitrogens with one attached hydrogen (secondary N) is 1. The molecule has 1 amide bonds. The summed E-state index contributed by atoms with van der Waals surface area (Å²) < 4.78 is 0. The van der Waals surface area contributed by atoms with Gasteiger partial charge in [0, 0.05) is 12.1 Å². The minimum Gasteiger partial charge on any atom is -0.357 e. The topological polar surface area (TPSA) is 32.3 Å². The van der Waals surface area contributed by atoms with Gasteiger partial charge in [-0.1, -0.05) is 0 Å². The van der Waals surface area contributed by atoms with Crippen molar-refractivity contribution in [1.82, 2.24) is 10.2 Å². The summed E-state index contributed by atoms with van der Waals surface area (Å²) in [5.74, 6) is 0. The average Bonchev–Trinajstić information content (AvgIpc) is 1.84. The van der Waals surface area contributed by atoms with E-state index < -0.39 is 0 Å². The summed E-state index contributed by atoms with van der Waals surface area (Å²) >= 11 is 0. The van der Waals surface area contributed by atoms with Gasteiger partial charge >= 0.3 is 0 Å². The van der Waals surface area contributed by atoms with Gasteiger partial charge in [-0.15, -0.1) is 0 Å².